The molecule has 2 aromatic carbocycles. The van der Waals surface area contributed by atoms with E-state index >= 15 is 0 Å². The molecule has 0 saturated carbocycles. The van der Waals surface area contributed by atoms with Gasteiger partial charge in [-0.05, 0) is 57.0 Å². The summed E-state index contributed by atoms with van der Waals surface area (Å²) in [6, 6.07) is 13.4. The predicted octanol–water partition coefficient (Wildman–Crippen LogP) is 4.72. The van der Waals surface area contributed by atoms with Crippen LogP contribution in [0.15, 0.2) is 42.5 Å². The third-order valence-electron chi connectivity index (χ3n) is 4.58. The molecule has 0 bridgehead atoms. The molecule has 0 spiro atoms. The quantitative estimate of drug-likeness (QED) is 0.632. The van der Waals surface area contributed by atoms with Crippen molar-refractivity contribution in [2.45, 2.75) is 46.2 Å². The molecule has 0 radical (unpaired) electrons. The molecule has 0 unspecified atom stereocenters. The fourth-order valence-electron chi connectivity index (χ4n) is 2.38. The molecule has 28 heavy (non-hydrogen) atoms. The van der Waals surface area contributed by atoms with E-state index in [9.17, 15) is 4.79 Å². The Bertz CT molecular complexity index is 761. The molecular weight excluding hydrogens is 376 g/mol. The van der Waals surface area contributed by atoms with Crippen LogP contribution in [0.2, 0.25) is 0 Å². The van der Waals surface area contributed by atoms with E-state index < -0.39 is 0 Å². The molecular formula is C22H31ClN2O3. The molecule has 0 aliphatic heterocycles. The second-order valence-corrected chi connectivity index (χ2v) is 7.28. The van der Waals surface area contributed by atoms with Gasteiger partial charge in [0.15, 0.2) is 18.1 Å². The van der Waals surface area contributed by atoms with Gasteiger partial charge >= 0.3 is 0 Å². The van der Waals surface area contributed by atoms with Crippen molar-refractivity contribution >= 4 is 24.0 Å². The average Bonchev–Trinajstić information content (AvgIpc) is 2.67. The zero-order valence-electron chi connectivity index (χ0n) is 17.3. The molecule has 5 nitrogen and oxygen atoms in total. The van der Waals surface area contributed by atoms with Crippen molar-refractivity contribution in [3.63, 3.8) is 0 Å². The molecule has 0 heterocycles. The van der Waals surface area contributed by atoms with Gasteiger partial charge in [-0.2, -0.15) is 0 Å². The SMILES string of the molecule is CCC(C)(C)NCc1ccc(OCC(=O)Nc2ccc(C)cc2)c(OC)c1.Cl. The van der Waals surface area contributed by atoms with Gasteiger partial charge in [-0.1, -0.05) is 30.7 Å². The average molecular weight is 407 g/mol. The van der Waals surface area contributed by atoms with Gasteiger partial charge in [0.2, 0.25) is 0 Å². The summed E-state index contributed by atoms with van der Waals surface area (Å²) in [4.78, 5) is 12.1. The van der Waals surface area contributed by atoms with Gasteiger partial charge in [0, 0.05) is 17.8 Å². The number of carbonyl (C=O) groups is 1. The van der Waals surface area contributed by atoms with Crippen molar-refractivity contribution in [2.75, 3.05) is 19.0 Å². The third kappa shape index (κ3) is 7.41. The topological polar surface area (TPSA) is 59.6 Å². The highest BCUT2D eigenvalue weighted by Crippen LogP contribution is 2.28. The lowest BCUT2D eigenvalue weighted by atomic mass is 10.0. The normalized spacial score (nSPS) is 10.8. The van der Waals surface area contributed by atoms with Crippen LogP contribution >= 0.6 is 12.4 Å². The first-order valence-corrected chi connectivity index (χ1v) is 9.24. The van der Waals surface area contributed by atoms with Gasteiger partial charge in [0.1, 0.15) is 0 Å². The Morgan fingerprint density at radius 2 is 1.75 bits per heavy atom. The van der Waals surface area contributed by atoms with Gasteiger partial charge in [-0.25, -0.2) is 0 Å². The summed E-state index contributed by atoms with van der Waals surface area (Å²) in [5.74, 6) is 0.957. The molecule has 0 aromatic heterocycles. The van der Waals surface area contributed by atoms with Crippen LogP contribution in [0.3, 0.4) is 0 Å². The summed E-state index contributed by atoms with van der Waals surface area (Å²) < 4.78 is 11.1. The van der Waals surface area contributed by atoms with Crippen molar-refractivity contribution in [3.05, 3.63) is 53.6 Å². The fraction of sp³-hybridized carbons (Fsp3) is 0.409. The Hall–Kier alpha value is -2.24. The lowest BCUT2D eigenvalue weighted by Crippen LogP contribution is -2.37. The Labute approximate surface area is 174 Å². The van der Waals surface area contributed by atoms with E-state index in [1.807, 2.05) is 49.4 Å². The van der Waals surface area contributed by atoms with E-state index in [1.165, 1.54) is 0 Å². The summed E-state index contributed by atoms with van der Waals surface area (Å²) in [6.45, 7) is 9.18. The number of hydrogen-bond donors (Lipinski definition) is 2. The second-order valence-electron chi connectivity index (χ2n) is 7.28. The first kappa shape index (κ1) is 23.8. The monoisotopic (exact) mass is 406 g/mol. The highest BCUT2D eigenvalue weighted by atomic mass is 35.5. The lowest BCUT2D eigenvalue weighted by molar-refractivity contribution is -0.118. The number of hydrogen-bond acceptors (Lipinski definition) is 4. The minimum atomic E-state index is -0.212. The Morgan fingerprint density at radius 1 is 1.07 bits per heavy atom. The van der Waals surface area contributed by atoms with E-state index in [2.05, 4.69) is 31.4 Å². The van der Waals surface area contributed by atoms with E-state index in [1.54, 1.807) is 7.11 Å². The van der Waals surface area contributed by atoms with Crippen molar-refractivity contribution in [3.8, 4) is 11.5 Å². The molecule has 2 rings (SSSR count). The molecule has 2 N–H and O–H groups in total. The largest absolute Gasteiger partial charge is 0.493 e. The maximum Gasteiger partial charge on any atom is 0.262 e. The maximum absolute atomic E-state index is 12.1. The molecule has 6 heteroatoms. The number of ether oxygens (including phenoxy) is 2. The number of amides is 1. The highest BCUT2D eigenvalue weighted by Gasteiger charge is 2.14. The Morgan fingerprint density at radius 3 is 2.36 bits per heavy atom. The van der Waals surface area contributed by atoms with Gasteiger partial charge in [-0.15, -0.1) is 12.4 Å². The van der Waals surface area contributed by atoms with Crippen LogP contribution in [0.5, 0.6) is 11.5 Å². The van der Waals surface area contributed by atoms with Crippen LogP contribution in [0, 0.1) is 6.92 Å². The number of halogens is 1. The standard InChI is InChI=1S/C22H30N2O3.ClH/c1-6-22(3,4)23-14-17-9-12-19(20(13-17)26-5)27-15-21(25)24-18-10-7-16(2)8-11-18;/h7-13,23H,6,14-15H2,1-5H3,(H,24,25);1H. The molecule has 0 saturated heterocycles. The second kappa shape index (κ2) is 10.9. The van der Waals surface area contributed by atoms with Crippen molar-refractivity contribution in [1.82, 2.24) is 5.32 Å². The first-order chi connectivity index (χ1) is 12.8. The number of rotatable bonds is 9. The molecule has 154 valence electrons. The molecule has 1 amide bonds. The molecule has 0 aliphatic carbocycles. The summed E-state index contributed by atoms with van der Waals surface area (Å²) in [6.07, 6.45) is 1.04. The first-order valence-electron chi connectivity index (χ1n) is 9.24. The van der Waals surface area contributed by atoms with Crippen LogP contribution in [0.1, 0.15) is 38.3 Å². The zero-order valence-corrected chi connectivity index (χ0v) is 18.1. The number of carbonyl (C=O) groups excluding carboxylic acids is 1. The van der Waals surface area contributed by atoms with Crippen LogP contribution in [-0.2, 0) is 11.3 Å². The number of benzene rings is 2. The summed E-state index contributed by atoms with van der Waals surface area (Å²) in [7, 11) is 1.60. The number of methoxy groups -OCH3 is 1. The van der Waals surface area contributed by atoms with Gasteiger partial charge in [0.25, 0.3) is 5.91 Å². The molecule has 2 aromatic rings. The smallest absolute Gasteiger partial charge is 0.262 e. The van der Waals surface area contributed by atoms with Crippen molar-refractivity contribution < 1.29 is 14.3 Å². The van der Waals surface area contributed by atoms with Crippen LogP contribution in [0.4, 0.5) is 5.69 Å². The lowest BCUT2D eigenvalue weighted by Gasteiger charge is -2.24. The Kier molecular flexibility index (Phi) is 9.29. The van der Waals surface area contributed by atoms with Crippen molar-refractivity contribution in [2.24, 2.45) is 0 Å². The summed E-state index contributed by atoms with van der Waals surface area (Å²) in [5.41, 5.74) is 3.08. The van der Waals surface area contributed by atoms with E-state index in [4.69, 9.17) is 9.47 Å². The highest BCUT2D eigenvalue weighted by molar-refractivity contribution is 5.91. The molecule has 0 aliphatic rings. The molecule has 0 fully saturated rings. The number of aryl methyl sites for hydroxylation is 1. The van der Waals surface area contributed by atoms with E-state index in [0.29, 0.717) is 11.5 Å². The fourth-order valence-corrected chi connectivity index (χ4v) is 2.38. The zero-order chi connectivity index (χ0) is 19.9. The van der Waals surface area contributed by atoms with Gasteiger partial charge < -0.3 is 20.1 Å². The van der Waals surface area contributed by atoms with Crippen LogP contribution in [-0.4, -0.2) is 25.2 Å². The van der Waals surface area contributed by atoms with E-state index in [0.717, 1.165) is 29.8 Å². The third-order valence-corrected chi connectivity index (χ3v) is 4.58. The van der Waals surface area contributed by atoms with E-state index in [-0.39, 0.29) is 30.5 Å². The maximum atomic E-state index is 12.1. The minimum absolute atomic E-state index is 0. The molecule has 0 atom stereocenters. The van der Waals surface area contributed by atoms with Crippen LogP contribution in [0.25, 0.3) is 0 Å². The van der Waals surface area contributed by atoms with Crippen molar-refractivity contribution in [1.29, 1.82) is 0 Å². The predicted molar refractivity (Wildman–Crippen MR) is 117 cm³/mol. The van der Waals surface area contributed by atoms with Gasteiger partial charge in [-0.3, -0.25) is 4.79 Å². The minimum Gasteiger partial charge on any atom is -0.493 e. The van der Waals surface area contributed by atoms with Crippen LogP contribution < -0.4 is 20.1 Å². The Balaban J connectivity index is 0.00000392. The number of nitrogens with one attached hydrogen (secondary N) is 2. The van der Waals surface area contributed by atoms with Gasteiger partial charge in [0.05, 0.1) is 7.11 Å². The summed E-state index contributed by atoms with van der Waals surface area (Å²) in [5, 5.41) is 6.33. The summed E-state index contributed by atoms with van der Waals surface area (Å²) >= 11 is 0. The number of anilines is 1.